The zero-order valence-electron chi connectivity index (χ0n) is 11.7. The molecule has 7 heteroatoms. The third-order valence-electron chi connectivity index (χ3n) is 2.83. The van der Waals surface area contributed by atoms with Crippen LogP contribution in [-0.2, 0) is 11.3 Å². The molecule has 1 heterocycles. The molecule has 1 aromatic heterocycles. The number of aromatic nitrogens is 2. The molecule has 2 rings (SSSR count). The van der Waals surface area contributed by atoms with E-state index in [2.05, 4.69) is 9.97 Å². The van der Waals surface area contributed by atoms with E-state index in [1.165, 1.54) is 13.3 Å². The number of nitrogens with zero attached hydrogens (tertiary/aromatic N) is 3. The van der Waals surface area contributed by atoms with Gasteiger partial charge < -0.3 is 21.1 Å². The molecular formula is C14H17N5O2. The third kappa shape index (κ3) is 4.07. The molecule has 0 saturated heterocycles. The Bertz CT molecular complexity index is 615. The number of carbonyl (C=O) groups is 1. The molecule has 1 amide bonds. The van der Waals surface area contributed by atoms with Crippen LogP contribution >= 0.6 is 0 Å². The Hall–Kier alpha value is -2.83. The zero-order chi connectivity index (χ0) is 15.2. The van der Waals surface area contributed by atoms with E-state index in [9.17, 15) is 4.79 Å². The number of hydrogen-bond donors (Lipinski definition) is 2. The standard InChI is InChI=1S/C14H17N5O2/c1-21-14-7-17-6-13(18-14)19(9-12(16)20)8-10-2-4-11(15)5-3-10/h2-7H,8-9,15H2,1H3,(H2,16,20). The van der Waals surface area contributed by atoms with Gasteiger partial charge in [0.05, 0.1) is 26.0 Å². The van der Waals surface area contributed by atoms with Crippen LogP contribution < -0.4 is 21.1 Å². The van der Waals surface area contributed by atoms with Crippen LogP contribution in [0.1, 0.15) is 5.56 Å². The molecule has 0 aliphatic rings. The number of hydrogen-bond acceptors (Lipinski definition) is 6. The third-order valence-corrected chi connectivity index (χ3v) is 2.83. The SMILES string of the molecule is COc1cncc(N(CC(N)=O)Cc2ccc(N)cc2)n1. The Kier molecular flexibility index (Phi) is 4.55. The molecular weight excluding hydrogens is 270 g/mol. The molecule has 110 valence electrons. The summed E-state index contributed by atoms with van der Waals surface area (Å²) in [5.74, 6) is 0.444. The van der Waals surface area contributed by atoms with Crippen molar-refractivity contribution in [3.05, 3.63) is 42.2 Å². The van der Waals surface area contributed by atoms with Crippen LogP contribution in [0.15, 0.2) is 36.7 Å². The molecule has 0 radical (unpaired) electrons. The van der Waals surface area contributed by atoms with E-state index in [1.807, 2.05) is 12.1 Å². The maximum Gasteiger partial charge on any atom is 0.237 e. The molecule has 0 aliphatic heterocycles. The molecule has 0 fully saturated rings. The van der Waals surface area contributed by atoms with E-state index in [4.69, 9.17) is 16.2 Å². The quantitative estimate of drug-likeness (QED) is 0.752. The van der Waals surface area contributed by atoms with Crippen molar-refractivity contribution in [1.29, 1.82) is 0 Å². The largest absolute Gasteiger partial charge is 0.480 e. The highest BCUT2D eigenvalue weighted by molar-refractivity contribution is 5.79. The van der Waals surface area contributed by atoms with E-state index in [0.29, 0.717) is 23.9 Å². The van der Waals surface area contributed by atoms with Crippen LogP contribution in [-0.4, -0.2) is 29.5 Å². The summed E-state index contributed by atoms with van der Waals surface area (Å²) in [6, 6.07) is 7.37. The van der Waals surface area contributed by atoms with E-state index < -0.39 is 5.91 Å². The normalized spacial score (nSPS) is 10.1. The first kappa shape index (κ1) is 14.6. The van der Waals surface area contributed by atoms with Crippen molar-refractivity contribution < 1.29 is 9.53 Å². The minimum Gasteiger partial charge on any atom is -0.480 e. The average molecular weight is 287 g/mol. The Morgan fingerprint density at radius 1 is 1.29 bits per heavy atom. The maximum absolute atomic E-state index is 11.3. The van der Waals surface area contributed by atoms with Gasteiger partial charge in [-0.25, -0.2) is 0 Å². The number of carbonyl (C=O) groups excluding carboxylic acids is 1. The lowest BCUT2D eigenvalue weighted by atomic mass is 10.2. The number of benzene rings is 1. The van der Waals surface area contributed by atoms with Crippen LogP contribution in [0, 0.1) is 0 Å². The van der Waals surface area contributed by atoms with Crippen molar-refractivity contribution in [3.8, 4) is 5.88 Å². The summed E-state index contributed by atoms with van der Waals surface area (Å²) >= 11 is 0. The second-order valence-corrected chi connectivity index (χ2v) is 4.48. The second-order valence-electron chi connectivity index (χ2n) is 4.48. The van der Waals surface area contributed by atoms with E-state index in [-0.39, 0.29) is 6.54 Å². The number of nitrogen functional groups attached to an aromatic ring is 1. The molecule has 2 aromatic rings. The molecule has 0 unspecified atom stereocenters. The maximum atomic E-state index is 11.3. The number of ether oxygens (including phenoxy) is 1. The summed E-state index contributed by atoms with van der Waals surface area (Å²) in [5, 5.41) is 0. The van der Waals surface area contributed by atoms with Crippen LogP contribution in [0.5, 0.6) is 5.88 Å². The molecule has 7 nitrogen and oxygen atoms in total. The van der Waals surface area contributed by atoms with E-state index in [0.717, 1.165) is 5.56 Å². The minimum absolute atomic E-state index is 0.0340. The van der Waals surface area contributed by atoms with Gasteiger partial charge in [-0.1, -0.05) is 12.1 Å². The highest BCUT2D eigenvalue weighted by Crippen LogP contribution is 2.17. The molecule has 0 saturated carbocycles. The van der Waals surface area contributed by atoms with Gasteiger partial charge in [0.2, 0.25) is 11.8 Å². The van der Waals surface area contributed by atoms with Gasteiger partial charge in [0.1, 0.15) is 0 Å². The number of rotatable bonds is 6. The monoisotopic (exact) mass is 287 g/mol. The molecule has 0 spiro atoms. The summed E-state index contributed by atoms with van der Waals surface area (Å²) < 4.78 is 5.04. The topological polar surface area (TPSA) is 107 Å². The molecule has 0 atom stereocenters. The van der Waals surface area contributed by atoms with Gasteiger partial charge in [-0.3, -0.25) is 9.78 Å². The highest BCUT2D eigenvalue weighted by atomic mass is 16.5. The van der Waals surface area contributed by atoms with Crippen LogP contribution in [0.4, 0.5) is 11.5 Å². The fourth-order valence-electron chi connectivity index (χ4n) is 1.84. The molecule has 0 aliphatic carbocycles. The lowest BCUT2D eigenvalue weighted by Gasteiger charge is -2.22. The predicted octanol–water partition coefficient (Wildman–Crippen LogP) is 0.559. The van der Waals surface area contributed by atoms with Crippen LogP contribution in [0.25, 0.3) is 0 Å². The van der Waals surface area contributed by atoms with Crippen LogP contribution in [0.2, 0.25) is 0 Å². The molecule has 1 aromatic carbocycles. The summed E-state index contributed by atoms with van der Waals surface area (Å²) in [5.41, 5.74) is 12.6. The fraction of sp³-hybridized carbons (Fsp3) is 0.214. The number of methoxy groups -OCH3 is 1. The van der Waals surface area contributed by atoms with Crippen LogP contribution in [0.3, 0.4) is 0 Å². The van der Waals surface area contributed by atoms with Gasteiger partial charge in [-0.2, -0.15) is 4.98 Å². The summed E-state index contributed by atoms with van der Waals surface area (Å²) in [4.78, 5) is 21.3. The lowest BCUT2D eigenvalue weighted by Crippen LogP contribution is -2.34. The Labute approximate surface area is 122 Å². The molecule has 4 N–H and O–H groups in total. The summed E-state index contributed by atoms with van der Waals surface area (Å²) in [6.07, 6.45) is 3.05. The van der Waals surface area contributed by atoms with Gasteiger partial charge in [0.25, 0.3) is 0 Å². The number of anilines is 2. The van der Waals surface area contributed by atoms with Gasteiger partial charge in [0, 0.05) is 12.2 Å². The smallest absolute Gasteiger partial charge is 0.237 e. The highest BCUT2D eigenvalue weighted by Gasteiger charge is 2.13. The van der Waals surface area contributed by atoms with Crippen molar-refractivity contribution in [2.45, 2.75) is 6.54 Å². The zero-order valence-corrected chi connectivity index (χ0v) is 11.7. The first-order valence-electron chi connectivity index (χ1n) is 6.32. The van der Waals surface area contributed by atoms with E-state index in [1.54, 1.807) is 23.2 Å². The Morgan fingerprint density at radius 3 is 2.62 bits per heavy atom. The van der Waals surface area contributed by atoms with Crippen molar-refractivity contribution >= 4 is 17.4 Å². The summed E-state index contributed by atoms with van der Waals surface area (Å²) in [6.45, 7) is 0.497. The van der Waals surface area contributed by atoms with Gasteiger partial charge in [-0.05, 0) is 17.7 Å². The predicted molar refractivity (Wildman–Crippen MR) is 79.7 cm³/mol. The minimum atomic E-state index is -0.449. The average Bonchev–Trinajstić information content (AvgIpc) is 2.48. The Balaban J connectivity index is 2.24. The lowest BCUT2D eigenvalue weighted by molar-refractivity contribution is -0.116. The Morgan fingerprint density at radius 2 is 2.00 bits per heavy atom. The van der Waals surface area contributed by atoms with Crippen molar-refractivity contribution in [3.63, 3.8) is 0 Å². The van der Waals surface area contributed by atoms with Crippen molar-refractivity contribution in [1.82, 2.24) is 9.97 Å². The van der Waals surface area contributed by atoms with Gasteiger partial charge in [0.15, 0.2) is 5.82 Å². The van der Waals surface area contributed by atoms with Gasteiger partial charge in [-0.15, -0.1) is 0 Å². The van der Waals surface area contributed by atoms with Crippen molar-refractivity contribution in [2.75, 3.05) is 24.3 Å². The van der Waals surface area contributed by atoms with Crippen molar-refractivity contribution in [2.24, 2.45) is 5.73 Å². The van der Waals surface area contributed by atoms with Gasteiger partial charge >= 0.3 is 0 Å². The molecule has 21 heavy (non-hydrogen) atoms. The number of nitrogens with two attached hydrogens (primary N) is 2. The first-order chi connectivity index (χ1) is 10.1. The second kappa shape index (κ2) is 6.56. The number of amides is 1. The summed E-state index contributed by atoms with van der Waals surface area (Å²) in [7, 11) is 1.51. The first-order valence-corrected chi connectivity index (χ1v) is 6.32. The number of primary amides is 1. The fourth-order valence-corrected chi connectivity index (χ4v) is 1.84. The molecule has 0 bridgehead atoms. The van der Waals surface area contributed by atoms with E-state index >= 15 is 0 Å².